The van der Waals surface area contributed by atoms with Gasteiger partial charge in [-0.05, 0) is 12.8 Å². The Hall–Kier alpha value is -0.160. The number of hydrogen-bond acceptors (Lipinski definition) is 4. The van der Waals surface area contributed by atoms with Crippen LogP contribution in [0.2, 0.25) is 0 Å². The molecule has 0 heterocycles. The molecular formula is C19H42O4. The molecule has 0 fully saturated rings. The van der Waals surface area contributed by atoms with Gasteiger partial charge in [-0.15, -0.1) is 0 Å². The zero-order chi connectivity index (χ0) is 17.4. The van der Waals surface area contributed by atoms with E-state index in [4.69, 9.17) is 14.9 Å². The summed E-state index contributed by atoms with van der Waals surface area (Å²) in [5.74, 6) is 0. The molecule has 0 aromatic rings. The standard InChI is InChI=1S/C15H32O.C4H10O3/c1-3-5-7-9-11-13-15-16-14-12-10-8-6-4-2;5-1-3-7-4-2-6/h3-15H2,1-2H3;5-6H,1-4H2. The monoisotopic (exact) mass is 334 g/mol. The third-order valence-corrected chi connectivity index (χ3v) is 3.51. The summed E-state index contributed by atoms with van der Waals surface area (Å²) in [5.41, 5.74) is 0. The van der Waals surface area contributed by atoms with Crippen molar-refractivity contribution in [1.82, 2.24) is 0 Å². The van der Waals surface area contributed by atoms with Gasteiger partial charge in [0.05, 0.1) is 26.4 Å². The Morgan fingerprint density at radius 1 is 0.478 bits per heavy atom. The third-order valence-electron chi connectivity index (χ3n) is 3.51. The first-order valence-electron chi connectivity index (χ1n) is 9.70. The number of aliphatic hydroxyl groups excluding tert-OH is 2. The van der Waals surface area contributed by atoms with E-state index in [1.807, 2.05) is 0 Å². The van der Waals surface area contributed by atoms with E-state index in [9.17, 15) is 0 Å². The molecule has 142 valence electrons. The van der Waals surface area contributed by atoms with Gasteiger partial charge in [0.1, 0.15) is 0 Å². The summed E-state index contributed by atoms with van der Waals surface area (Å²) in [4.78, 5) is 0. The molecule has 0 aliphatic heterocycles. The lowest BCUT2D eigenvalue weighted by Gasteiger charge is -2.04. The van der Waals surface area contributed by atoms with Crippen molar-refractivity contribution in [3.63, 3.8) is 0 Å². The minimum absolute atomic E-state index is 0.0278. The number of aliphatic hydroxyl groups is 2. The topological polar surface area (TPSA) is 58.9 Å². The summed E-state index contributed by atoms with van der Waals surface area (Å²) in [6, 6.07) is 0. The van der Waals surface area contributed by atoms with Gasteiger partial charge in [0.25, 0.3) is 0 Å². The SMILES string of the molecule is CCCCCCCCOCCCCCCC.OCCOCCO. The molecule has 4 nitrogen and oxygen atoms in total. The Kier molecular flexibility index (Phi) is 29.1. The van der Waals surface area contributed by atoms with Crippen molar-refractivity contribution in [2.24, 2.45) is 0 Å². The maximum Gasteiger partial charge on any atom is 0.0698 e. The van der Waals surface area contributed by atoms with E-state index in [1.165, 1.54) is 70.6 Å². The van der Waals surface area contributed by atoms with Crippen molar-refractivity contribution in [3.8, 4) is 0 Å². The molecule has 23 heavy (non-hydrogen) atoms. The summed E-state index contributed by atoms with van der Waals surface area (Å²) in [6.45, 7) is 7.19. The summed E-state index contributed by atoms with van der Waals surface area (Å²) in [6.07, 6.45) is 14.9. The Balaban J connectivity index is 0. The zero-order valence-corrected chi connectivity index (χ0v) is 15.7. The lowest BCUT2D eigenvalue weighted by molar-refractivity contribution is 0.0650. The number of unbranched alkanes of at least 4 members (excludes halogenated alkanes) is 9. The Labute approximate surface area is 144 Å². The molecule has 0 spiro atoms. The molecule has 2 N–H and O–H groups in total. The van der Waals surface area contributed by atoms with Crippen molar-refractivity contribution in [3.05, 3.63) is 0 Å². The average molecular weight is 335 g/mol. The zero-order valence-electron chi connectivity index (χ0n) is 15.7. The summed E-state index contributed by atoms with van der Waals surface area (Å²) in [5, 5.41) is 16.2. The van der Waals surface area contributed by atoms with Crippen LogP contribution in [0, 0.1) is 0 Å². The molecule has 0 saturated heterocycles. The van der Waals surface area contributed by atoms with Crippen LogP contribution in [0.15, 0.2) is 0 Å². The lowest BCUT2D eigenvalue weighted by Crippen LogP contribution is -2.03. The Morgan fingerprint density at radius 2 is 0.826 bits per heavy atom. The van der Waals surface area contributed by atoms with Crippen LogP contribution in [0.3, 0.4) is 0 Å². The molecule has 0 saturated carbocycles. The first-order valence-corrected chi connectivity index (χ1v) is 9.70. The smallest absolute Gasteiger partial charge is 0.0698 e. The van der Waals surface area contributed by atoms with E-state index < -0.39 is 0 Å². The van der Waals surface area contributed by atoms with Gasteiger partial charge < -0.3 is 19.7 Å². The van der Waals surface area contributed by atoms with Crippen molar-refractivity contribution in [2.75, 3.05) is 39.6 Å². The molecule has 0 bridgehead atoms. The van der Waals surface area contributed by atoms with E-state index in [1.54, 1.807) is 0 Å². The normalized spacial score (nSPS) is 10.4. The number of hydrogen-bond donors (Lipinski definition) is 2. The second-order valence-electron chi connectivity index (χ2n) is 5.85. The molecule has 0 aromatic carbocycles. The highest BCUT2D eigenvalue weighted by Gasteiger charge is 1.92. The number of rotatable bonds is 17. The van der Waals surface area contributed by atoms with Gasteiger partial charge >= 0.3 is 0 Å². The van der Waals surface area contributed by atoms with E-state index in [-0.39, 0.29) is 13.2 Å². The van der Waals surface area contributed by atoms with Crippen LogP contribution in [0.5, 0.6) is 0 Å². The van der Waals surface area contributed by atoms with E-state index >= 15 is 0 Å². The van der Waals surface area contributed by atoms with Gasteiger partial charge in [-0.25, -0.2) is 0 Å². The second kappa shape index (κ2) is 26.7. The van der Waals surface area contributed by atoms with Gasteiger partial charge in [-0.1, -0.05) is 71.6 Å². The minimum Gasteiger partial charge on any atom is -0.394 e. The predicted octanol–water partition coefficient (Wildman–Crippen LogP) is 4.32. The molecule has 0 rings (SSSR count). The minimum atomic E-state index is 0.0278. The van der Waals surface area contributed by atoms with Gasteiger partial charge in [-0.2, -0.15) is 0 Å². The van der Waals surface area contributed by atoms with Gasteiger partial charge in [0, 0.05) is 13.2 Å². The van der Waals surface area contributed by atoms with E-state index in [2.05, 4.69) is 18.6 Å². The summed E-state index contributed by atoms with van der Waals surface area (Å²) in [7, 11) is 0. The van der Waals surface area contributed by atoms with E-state index in [0.717, 1.165) is 13.2 Å². The molecule has 0 atom stereocenters. The highest BCUT2D eigenvalue weighted by atomic mass is 16.5. The van der Waals surface area contributed by atoms with Crippen molar-refractivity contribution in [2.45, 2.75) is 84.5 Å². The van der Waals surface area contributed by atoms with Crippen LogP contribution >= 0.6 is 0 Å². The Morgan fingerprint density at radius 3 is 1.22 bits per heavy atom. The predicted molar refractivity (Wildman–Crippen MR) is 97.9 cm³/mol. The summed E-state index contributed by atoms with van der Waals surface area (Å²) < 4.78 is 10.3. The molecule has 0 radical (unpaired) electrons. The highest BCUT2D eigenvalue weighted by molar-refractivity contribution is 4.45. The molecule has 0 amide bonds. The maximum absolute atomic E-state index is 8.09. The van der Waals surface area contributed by atoms with Crippen LogP contribution in [-0.4, -0.2) is 49.9 Å². The fourth-order valence-corrected chi connectivity index (χ4v) is 2.13. The average Bonchev–Trinajstić information content (AvgIpc) is 2.57. The van der Waals surface area contributed by atoms with E-state index in [0.29, 0.717) is 13.2 Å². The van der Waals surface area contributed by atoms with Crippen molar-refractivity contribution < 1.29 is 19.7 Å². The van der Waals surface area contributed by atoms with Crippen molar-refractivity contribution >= 4 is 0 Å². The molecular weight excluding hydrogens is 292 g/mol. The van der Waals surface area contributed by atoms with Crippen LogP contribution in [0.4, 0.5) is 0 Å². The fourth-order valence-electron chi connectivity index (χ4n) is 2.13. The molecule has 4 heteroatoms. The van der Waals surface area contributed by atoms with Gasteiger partial charge in [-0.3, -0.25) is 0 Å². The molecule has 0 aliphatic carbocycles. The second-order valence-corrected chi connectivity index (χ2v) is 5.85. The van der Waals surface area contributed by atoms with Gasteiger partial charge in [0.15, 0.2) is 0 Å². The fraction of sp³-hybridized carbons (Fsp3) is 1.00. The quantitative estimate of drug-likeness (QED) is 0.389. The summed E-state index contributed by atoms with van der Waals surface area (Å²) >= 11 is 0. The Bertz CT molecular complexity index is 159. The lowest BCUT2D eigenvalue weighted by atomic mass is 10.1. The maximum atomic E-state index is 8.09. The first-order chi connectivity index (χ1) is 11.3. The third kappa shape index (κ3) is 30.3. The van der Waals surface area contributed by atoms with Crippen molar-refractivity contribution in [1.29, 1.82) is 0 Å². The van der Waals surface area contributed by atoms with Crippen LogP contribution < -0.4 is 0 Å². The highest BCUT2D eigenvalue weighted by Crippen LogP contribution is 2.06. The first kappa shape index (κ1) is 25.1. The molecule has 0 unspecified atom stereocenters. The van der Waals surface area contributed by atoms with Gasteiger partial charge in [0.2, 0.25) is 0 Å². The van der Waals surface area contributed by atoms with Crippen LogP contribution in [-0.2, 0) is 9.47 Å². The number of ether oxygens (including phenoxy) is 2. The molecule has 0 aromatic heterocycles. The van der Waals surface area contributed by atoms with Crippen LogP contribution in [0.25, 0.3) is 0 Å². The molecule has 0 aliphatic rings. The van der Waals surface area contributed by atoms with Crippen LogP contribution in [0.1, 0.15) is 84.5 Å². The largest absolute Gasteiger partial charge is 0.394 e.